The van der Waals surface area contributed by atoms with Gasteiger partial charge >= 0.3 is 0 Å². The molecular formula is C19H17ClN4O3. The molecule has 8 heteroatoms. The van der Waals surface area contributed by atoms with E-state index in [2.05, 4.69) is 20.6 Å². The van der Waals surface area contributed by atoms with Crippen LogP contribution in [0, 0.1) is 0 Å². The lowest BCUT2D eigenvalue weighted by atomic mass is 10.2. The van der Waals surface area contributed by atoms with Crippen molar-refractivity contribution >= 4 is 34.8 Å². The number of anilines is 3. The number of hydrogen-bond donors (Lipinski definition) is 2. The molecule has 0 aliphatic carbocycles. The van der Waals surface area contributed by atoms with Crippen molar-refractivity contribution in [2.24, 2.45) is 0 Å². The zero-order valence-electron chi connectivity index (χ0n) is 14.7. The third-order valence-corrected chi connectivity index (χ3v) is 3.94. The van der Waals surface area contributed by atoms with Crippen LogP contribution in [0.3, 0.4) is 0 Å². The number of methoxy groups -OCH3 is 2. The van der Waals surface area contributed by atoms with E-state index in [9.17, 15) is 4.79 Å². The van der Waals surface area contributed by atoms with Gasteiger partial charge in [0.15, 0.2) is 0 Å². The normalized spacial score (nSPS) is 10.2. The Hall–Kier alpha value is -3.32. The topological polar surface area (TPSA) is 85.4 Å². The summed E-state index contributed by atoms with van der Waals surface area (Å²) in [6, 6.07) is 14.0. The monoisotopic (exact) mass is 384 g/mol. The minimum atomic E-state index is -0.340. The molecule has 0 atom stereocenters. The Labute approximate surface area is 161 Å². The van der Waals surface area contributed by atoms with Gasteiger partial charge in [0.2, 0.25) is 5.95 Å². The van der Waals surface area contributed by atoms with Gasteiger partial charge in [-0.3, -0.25) is 4.79 Å². The van der Waals surface area contributed by atoms with Crippen LogP contribution in [0.4, 0.5) is 17.3 Å². The summed E-state index contributed by atoms with van der Waals surface area (Å²) in [7, 11) is 3.04. The molecule has 0 saturated heterocycles. The van der Waals surface area contributed by atoms with E-state index in [0.717, 1.165) is 0 Å². The summed E-state index contributed by atoms with van der Waals surface area (Å²) in [5.41, 5.74) is 1.45. The van der Waals surface area contributed by atoms with E-state index < -0.39 is 0 Å². The predicted molar refractivity (Wildman–Crippen MR) is 104 cm³/mol. The molecule has 27 heavy (non-hydrogen) atoms. The Kier molecular flexibility index (Phi) is 5.73. The van der Waals surface area contributed by atoms with Crippen LogP contribution in [0.2, 0.25) is 5.02 Å². The van der Waals surface area contributed by atoms with Gasteiger partial charge in [-0.25, -0.2) is 9.97 Å². The zero-order valence-corrected chi connectivity index (χ0v) is 15.4. The molecular weight excluding hydrogens is 368 g/mol. The third-order valence-electron chi connectivity index (χ3n) is 3.64. The van der Waals surface area contributed by atoms with Crippen LogP contribution in [-0.2, 0) is 0 Å². The Morgan fingerprint density at radius 3 is 2.48 bits per heavy atom. The van der Waals surface area contributed by atoms with E-state index in [4.69, 9.17) is 21.1 Å². The van der Waals surface area contributed by atoms with Crippen molar-refractivity contribution in [1.82, 2.24) is 9.97 Å². The Morgan fingerprint density at radius 2 is 1.78 bits per heavy atom. The fourth-order valence-electron chi connectivity index (χ4n) is 2.34. The summed E-state index contributed by atoms with van der Waals surface area (Å²) >= 11 is 6.11. The molecule has 0 aliphatic rings. The van der Waals surface area contributed by atoms with Crippen molar-refractivity contribution < 1.29 is 14.3 Å². The number of ether oxygens (including phenoxy) is 2. The molecule has 138 valence electrons. The quantitative estimate of drug-likeness (QED) is 0.664. The Morgan fingerprint density at radius 1 is 1.04 bits per heavy atom. The highest BCUT2D eigenvalue weighted by molar-refractivity contribution is 6.32. The van der Waals surface area contributed by atoms with Crippen molar-refractivity contribution in [3.63, 3.8) is 0 Å². The maximum Gasteiger partial charge on any atom is 0.274 e. The van der Waals surface area contributed by atoms with E-state index in [-0.39, 0.29) is 17.5 Å². The number of hydrogen-bond acceptors (Lipinski definition) is 6. The first kappa shape index (κ1) is 18.5. The van der Waals surface area contributed by atoms with Gasteiger partial charge in [0.1, 0.15) is 17.2 Å². The maximum absolute atomic E-state index is 12.4. The first-order chi connectivity index (χ1) is 13.1. The minimum Gasteiger partial charge on any atom is -0.495 e. The molecule has 0 spiro atoms. The van der Waals surface area contributed by atoms with Gasteiger partial charge in [-0.1, -0.05) is 29.8 Å². The first-order valence-electron chi connectivity index (χ1n) is 7.98. The molecule has 0 fully saturated rings. The molecule has 0 unspecified atom stereocenters. The van der Waals surface area contributed by atoms with Gasteiger partial charge in [-0.15, -0.1) is 0 Å². The van der Waals surface area contributed by atoms with Crippen LogP contribution in [0.25, 0.3) is 0 Å². The van der Waals surface area contributed by atoms with Crippen LogP contribution in [0.5, 0.6) is 11.5 Å². The molecule has 1 heterocycles. The smallest absolute Gasteiger partial charge is 0.274 e. The Bertz CT molecular complexity index is 951. The number of nitrogens with one attached hydrogen (secondary N) is 2. The molecule has 0 radical (unpaired) electrons. The van der Waals surface area contributed by atoms with E-state index in [1.165, 1.54) is 26.5 Å². The number of para-hydroxylation sites is 1. The fourth-order valence-corrected chi connectivity index (χ4v) is 2.57. The van der Waals surface area contributed by atoms with Crippen LogP contribution in [0.1, 0.15) is 10.5 Å². The highest BCUT2D eigenvalue weighted by Crippen LogP contribution is 2.36. The predicted octanol–water partition coefficient (Wildman–Crippen LogP) is 4.14. The molecule has 0 aliphatic heterocycles. The number of nitrogens with zero attached hydrogens (tertiary/aromatic N) is 2. The van der Waals surface area contributed by atoms with Gasteiger partial charge in [0.25, 0.3) is 5.91 Å². The highest BCUT2D eigenvalue weighted by atomic mass is 35.5. The van der Waals surface area contributed by atoms with Crippen molar-refractivity contribution in [3.8, 4) is 11.5 Å². The second-order valence-electron chi connectivity index (χ2n) is 5.40. The van der Waals surface area contributed by atoms with E-state index in [1.54, 1.807) is 24.3 Å². The summed E-state index contributed by atoms with van der Waals surface area (Å²) in [6.45, 7) is 0. The standard InChI is InChI=1S/C19H17ClN4O3/c1-26-16-11-15(17(27-2)10-13(16)20)24-19-21-9-8-14(23-19)18(25)22-12-6-4-3-5-7-12/h3-11H,1-2H3,(H,22,25)(H,21,23,24). The molecule has 1 aromatic heterocycles. The maximum atomic E-state index is 12.4. The van der Waals surface area contributed by atoms with Crippen LogP contribution in [0.15, 0.2) is 54.7 Å². The number of amides is 1. The first-order valence-corrected chi connectivity index (χ1v) is 8.36. The minimum absolute atomic E-state index is 0.219. The lowest BCUT2D eigenvalue weighted by Gasteiger charge is -2.13. The molecule has 0 saturated carbocycles. The van der Waals surface area contributed by atoms with E-state index in [1.807, 2.05) is 18.2 Å². The summed E-state index contributed by atoms with van der Waals surface area (Å²) in [6.07, 6.45) is 1.49. The lowest BCUT2D eigenvalue weighted by Crippen LogP contribution is -2.14. The van der Waals surface area contributed by atoms with Gasteiger partial charge in [-0.05, 0) is 18.2 Å². The van der Waals surface area contributed by atoms with E-state index >= 15 is 0 Å². The van der Waals surface area contributed by atoms with Crippen molar-refractivity contribution in [3.05, 3.63) is 65.4 Å². The summed E-state index contributed by atoms with van der Waals surface area (Å²) in [5.74, 6) is 0.854. The number of carbonyl (C=O) groups excluding carboxylic acids is 1. The highest BCUT2D eigenvalue weighted by Gasteiger charge is 2.13. The zero-order chi connectivity index (χ0) is 19.2. The summed E-state index contributed by atoms with van der Waals surface area (Å²) in [4.78, 5) is 20.8. The molecule has 3 aromatic rings. The fraction of sp³-hybridized carbons (Fsp3) is 0.105. The van der Waals surface area contributed by atoms with Crippen LogP contribution >= 0.6 is 11.6 Å². The third kappa shape index (κ3) is 4.45. The average Bonchev–Trinajstić information content (AvgIpc) is 2.70. The molecule has 0 bridgehead atoms. The van der Waals surface area contributed by atoms with Gasteiger partial charge in [0.05, 0.1) is 24.9 Å². The summed E-state index contributed by atoms with van der Waals surface area (Å²) < 4.78 is 10.5. The SMILES string of the molecule is COc1cc(Nc2nccc(C(=O)Nc3ccccc3)n2)c(OC)cc1Cl. The van der Waals surface area contributed by atoms with Gasteiger partial charge < -0.3 is 20.1 Å². The number of halogens is 1. The van der Waals surface area contributed by atoms with Crippen molar-refractivity contribution in [1.29, 1.82) is 0 Å². The largest absolute Gasteiger partial charge is 0.495 e. The number of aromatic nitrogens is 2. The Balaban J connectivity index is 1.83. The number of benzene rings is 2. The van der Waals surface area contributed by atoms with Crippen molar-refractivity contribution in [2.45, 2.75) is 0 Å². The van der Waals surface area contributed by atoms with Gasteiger partial charge in [-0.2, -0.15) is 0 Å². The second-order valence-corrected chi connectivity index (χ2v) is 5.80. The molecule has 2 aromatic carbocycles. The molecule has 7 nitrogen and oxygen atoms in total. The second kappa shape index (κ2) is 8.37. The van der Waals surface area contributed by atoms with Gasteiger partial charge in [0, 0.05) is 24.0 Å². The average molecular weight is 385 g/mol. The number of carbonyl (C=O) groups is 1. The lowest BCUT2D eigenvalue weighted by molar-refractivity contribution is 0.102. The van der Waals surface area contributed by atoms with Crippen molar-refractivity contribution in [2.75, 3.05) is 24.9 Å². The summed E-state index contributed by atoms with van der Waals surface area (Å²) in [5, 5.41) is 6.21. The van der Waals surface area contributed by atoms with Crippen LogP contribution in [-0.4, -0.2) is 30.1 Å². The van der Waals surface area contributed by atoms with E-state index in [0.29, 0.717) is 27.9 Å². The molecule has 1 amide bonds. The number of rotatable bonds is 6. The molecule has 3 rings (SSSR count). The molecule has 2 N–H and O–H groups in total. The van der Waals surface area contributed by atoms with Crippen LogP contribution < -0.4 is 20.1 Å².